The quantitative estimate of drug-likeness (QED) is 0.347. The van der Waals surface area contributed by atoms with Crippen LogP contribution in [0.5, 0.6) is 5.75 Å². The topological polar surface area (TPSA) is 104 Å². The van der Waals surface area contributed by atoms with Gasteiger partial charge in [-0.3, -0.25) is 4.79 Å². The van der Waals surface area contributed by atoms with Gasteiger partial charge in [0, 0.05) is 56.2 Å². The molecule has 212 valence electrons. The van der Waals surface area contributed by atoms with E-state index in [0.717, 1.165) is 44.1 Å². The van der Waals surface area contributed by atoms with E-state index in [2.05, 4.69) is 5.10 Å². The Kier molecular flexibility index (Phi) is 8.19. The van der Waals surface area contributed by atoms with Gasteiger partial charge in [-0.2, -0.15) is 10.4 Å². The summed E-state index contributed by atoms with van der Waals surface area (Å²) in [7, 11) is 0. The molecule has 2 atom stereocenters. The summed E-state index contributed by atoms with van der Waals surface area (Å²) in [5.41, 5.74) is 2.46. The maximum Gasteiger partial charge on any atom is 0.271 e. The third-order valence-electron chi connectivity index (χ3n) is 7.70. The largest absolute Gasteiger partial charge is 0.478 e. The molecule has 0 N–H and O–H groups in total. The maximum atomic E-state index is 14.1. The molecule has 2 saturated heterocycles. The molecule has 10 nitrogen and oxygen atoms in total. The summed E-state index contributed by atoms with van der Waals surface area (Å²) in [6, 6.07) is 3.62. The van der Waals surface area contributed by atoms with E-state index in [0.29, 0.717) is 72.4 Å². The van der Waals surface area contributed by atoms with Gasteiger partial charge < -0.3 is 28.4 Å². The van der Waals surface area contributed by atoms with Crippen LogP contribution >= 0.6 is 23.2 Å². The number of carbonyl (C=O) groups is 1. The highest BCUT2D eigenvalue weighted by molar-refractivity contribution is 6.46. The fraction of sp³-hybridized carbons (Fsp3) is 0.536. The van der Waals surface area contributed by atoms with Crippen LogP contribution < -0.4 is 4.74 Å². The number of amides is 1. The van der Waals surface area contributed by atoms with Crippen molar-refractivity contribution in [2.45, 2.75) is 57.6 Å². The molecule has 0 saturated carbocycles. The third-order valence-corrected chi connectivity index (χ3v) is 8.48. The highest BCUT2D eigenvalue weighted by Gasteiger charge is 2.35. The Morgan fingerprint density at radius 2 is 1.95 bits per heavy atom. The predicted molar refractivity (Wildman–Crippen MR) is 149 cm³/mol. The van der Waals surface area contributed by atoms with Crippen molar-refractivity contribution in [3.05, 3.63) is 34.2 Å². The van der Waals surface area contributed by atoms with Gasteiger partial charge in [0.15, 0.2) is 12.9 Å². The first-order valence-corrected chi connectivity index (χ1v) is 14.5. The van der Waals surface area contributed by atoms with E-state index in [9.17, 15) is 10.1 Å². The van der Waals surface area contributed by atoms with E-state index in [4.69, 9.17) is 42.1 Å². The number of nitriles is 1. The van der Waals surface area contributed by atoms with Crippen LogP contribution in [0, 0.1) is 11.3 Å². The number of nitrogens with zero attached hydrogens (tertiary/aromatic N) is 5. The molecule has 0 bridgehead atoms. The highest BCUT2D eigenvalue weighted by Crippen LogP contribution is 2.47. The maximum absolute atomic E-state index is 14.1. The van der Waals surface area contributed by atoms with Crippen LogP contribution in [0.4, 0.5) is 0 Å². The smallest absolute Gasteiger partial charge is 0.271 e. The second kappa shape index (κ2) is 12.0. The van der Waals surface area contributed by atoms with Gasteiger partial charge in [-0.25, -0.2) is 4.68 Å². The monoisotopic (exact) mass is 587 g/mol. The lowest BCUT2D eigenvalue weighted by atomic mass is 10.0. The molecule has 2 unspecified atom stereocenters. The zero-order chi connectivity index (χ0) is 27.6. The minimum absolute atomic E-state index is 0.147. The van der Waals surface area contributed by atoms with Crippen LogP contribution in [0.1, 0.15) is 55.2 Å². The number of hydrogen-bond donors (Lipinski definition) is 0. The fourth-order valence-electron chi connectivity index (χ4n) is 5.78. The Balaban J connectivity index is 1.41. The molecule has 0 aliphatic carbocycles. The van der Waals surface area contributed by atoms with E-state index in [-0.39, 0.29) is 30.1 Å². The zero-order valence-corrected chi connectivity index (χ0v) is 23.6. The number of benzene rings is 1. The number of aromatic nitrogens is 3. The molecule has 6 rings (SSSR count). The average molecular weight is 588 g/mol. The van der Waals surface area contributed by atoms with Crippen molar-refractivity contribution in [2.75, 3.05) is 39.5 Å². The minimum atomic E-state index is -0.218. The third kappa shape index (κ3) is 5.17. The molecule has 5 heterocycles. The molecule has 3 aromatic rings. The SMILES string of the molecule is N#CCOc1cc(Cl)c(Cl)c2c1c(-c1cnn(C3CCCCO3)c1)c1n2CCN(CCOC2CCCCO2)C1=O. The normalized spacial score (nSPS) is 21.4. The van der Waals surface area contributed by atoms with Gasteiger partial charge in [-0.15, -0.1) is 0 Å². The standard InChI is InChI=1S/C28H31Cl2N5O5/c29-19-15-20(37-13-7-31)24-23(18-16-32-35(17-18)21-5-1-3-11-38-21)27-28(36)33(8-9-34(27)26(24)25(19)30)10-14-40-22-6-2-4-12-39-22/h15-17,21-22H,1-6,8-14H2. The van der Waals surface area contributed by atoms with Gasteiger partial charge in [0.1, 0.15) is 23.7 Å². The Morgan fingerprint density at radius 1 is 1.12 bits per heavy atom. The molecule has 40 heavy (non-hydrogen) atoms. The first kappa shape index (κ1) is 27.4. The van der Waals surface area contributed by atoms with Crippen LogP contribution in [0.2, 0.25) is 10.0 Å². The lowest BCUT2D eigenvalue weighted by Gasteiger charge is -2.30. The Labute approximate surface area is 242 Å². The van der Waals surface area contributed by atoms with E-state index >= 15 is 0 Å². The molecule has 12 heteroatoms. The Hall–Kier alpha value is -2.81. The van der Waals surface area contributed by atoms with Crippen molar-refractivity contribution < 1.29 is 23.7 Å². The van der Waals surface area contributed by atoms with E-state index in [1.807, 2.05) is 16.8 Å². The Bertz CT molecular complexity index is 1440. The zero-order valence-electron chi connectivity index (χ0n) is 22.1. The number of hydrogen-bond acceptors (Lipinski definition) is 7. The van der Waals surface area contributed by atoms with E-state index < -0.39 is 0 Å². The number of carbonyl (C=O) groups excluding carboxylic acids is 1. The van der Waals surface area contributed by atoms with Crippen LogP contribution in [0.25, 0.3) is 22.0 Å². The fourth-order valence-corrected chi connectivity index (χ4v) is 6.22. The second-order valence-electron chi connectivity index (χ2n) is 10.2. The molecule has 1 amide bonds. The molecular formula is C28H31Cl2N5O5. The summed E-state index contributed by atoms with van der Waals surface area (Å²) < 4.78 is 27.1. The average Bonchev–Trinajstić information content (AvgIpc) is 3.60. The lowest BCUT2D eigenvalue weighted by molar-refractivity contribution is -0.163. The first-order chi connectivity index (χ1) is 19.6. The van der Waals surface area contributed by atoms with Crippen molar-refractivity contribution in [2.24, 2.45) is 0 Å². The summed E-state index contributed by atoms with van der Waals surface area (Å²) in [4.78, 5) is 15.9. The molecule has 3 aliphatic rings. The summed E-state index contributed by atoms with van der Waals surface area (Å²) in [6.45, 7) is 3.02. The van der Waals surface area contributed by atoms with Crippen molar-refractivity contribution in [3.8, 4) is 22.9 Å². The number of ether oxygens (including phenoxy) is 4. The van der Waals surface area contributed by atoms with Gasteiger partial charge in [-0.05, 0) is 38.5 Å². The number of fused-ring (bicyclic) bond motifs is 3. The summed E-state index contributed by atoms with van der Waals surface area (Å²) in [5, 5.41) is 15.1. The molecular weight excluding hydrogens is 557 g/mol. The molecule has 0 radical (unpaired) electrons. The van der Waals surface area contributed by atoms with Crippen molar-refractivity contribution >= 4 is 40.0 Å². The molecule has 3 aliphatic heterocycles. The van der Waals surface area contributed by atoms with Crippen LogP contribution in [0.3, 0.4) is 0 Å². The number of rotatable bonds is 8. The summed E-state index contributed by atoms with van der Waals surface area (Å²) >= 11 is 13.3. The van der Waals surface area contributed by atoms with Crippen molar-refractivity contribution in [3.63, 3.8) is 0 Å². The predicted octanol–water partition coefficient (Wildman–Crippen LogP) is 5.41. The molecule has 0 spiro atoms. The van der Waals surface area contributed by atoms with Crippen molar-refractivity contribution in [1.82, 2.24) is 19.2 Å². The van der Waals surface area contributed by atoms with Crippen LogP contribution in [-0.2, 0) is 20.8 Å². The molecule has 2 aromatic heterocycles. The Morgan fingerprint density at radius 3 is 2.70 bits per heavy atom. The summed E-state index contributed by atoms with van der Waals surface area (Å²) in [6.07, 6.45) is 9.21. The van der Waals surface area contributed by atoms with Crippen molar-refractivity contribution in [1.29, 1.82) is 5.26 Å². The summed E-state index contributed by atoms with van der Waals surface area (Å²) in [5.74, 6) is 0.243. The van der Waals surface area contributed by atoms with Gasteiger partial charge >= 0.3 is 0 Å². The second-order valence-corrected chi connectivity index (χ2v) is 11.0. The van der Waals surface area contributed by atoms with E-state index in [1.54, 1.807) is 21.8 Å². The van der Waals surface area contributed by atoms with Crippen LogP contribution in [0.15, 0.2) is 18.5 Å². The van der Waals surface area contributed by atoms with Gasteiger partial charge in [0.2, 0.25) is 0 Å². The van der Waals surface area contributed by atoms with Crippen LogP contribution in [-0.4, -0.2) is 71.0 Å². The lowest BCUT2D eigenvalue weighted by Crippen LogP contribution is -2.42. The molecule has 1 aromatic carbocycles. The highest BCUT2D eigenvalue weighted by atomic mass is 35.5. The van der Waals surface area contributed by atoms with Gasteiger partial charge in [0.25, 0.3) is 5.91 Å². The molecule has 2 fully saturated rings. The minimum Gasteiger partial charge on any atom is -0.478 e. The van der Waals surface area contributed by atoms with E-state index in [1.165, 1.54) is 0 Å². The first-order valence-electron chi connectivity index (χ1n) is 13.8. The van der Waals surface area contributed by atoms with Gasteiger partial charge in [-0.1, -0.05) is 23.2 Å². The number of halogens is 2. The van der Waals surface area contributed by atoms with Gasteiger partial charge in [0.05, 0.1) is 33.8 Å².